The van der Waals surface area contributed by atoms with Gasteiger partial charge in [0.05, 0.1) is 11.6 Å². The van der Waals surface area contributed by atoms with Gasteiger partial charge in [-0.05, 0) is 75.8 Å². The summed E-state index contributed by atoms with van der Waals surface area (Å²) >= 11 is 3.14. The summed E-state index contributed by atoms with van der Waals surface area (Å²) in [5.41, 5.74) is -0.297. The summed E-state index contributed by atoms with van der Waals surface area (Å²) in [6, 6.07) is 12.3. The van der Waals surface area contributed by atoms with Crippen LogP contribution in [-0.4, -0.2) is 59.7 Å². The van der Waals surface area contributed by atoms with Crippen molar-refractivity contribution in [2.75, 3.05) is 20.2 Å². The Labute approximate surface area is 240 Å². The van der Waals surface area contributed by atoms with Gasteiger partial charge in [0.15, 0.2) is 0 Å². The summed E-state index contributed by atoms with van der Waals surface area (Å²) < 4.78 is 51.2. The molecular formula is C29H34BrF3N2O5. The normalized spacial score (nSPS) is 16.4. The van der Waals surface area contributed by atoms with Crippen molar-refractivity contribution in [1.82, 2.24) is 9.80 Å². The number of carbonyl (C=O) groups is 3. The van der Waals surface area contributed by atoms with Gasteiger partial charge in [-0.15, -0.1) is 0 Å². The van der Waals surface area contributed by atoms with E-state index in [1.165, 1.54) is 11.0 Å². The molecule has 2 atom stereocenters. The highest BCUT2D eigenvalue weighted by atomic mass is 79.9. The topological polar surface area (TPSA) is 76.2 Å². The molecule has 7 nitrogen and oxygen atoms in total. The fourth-order valence-corrected chi connectivity index (χ4v) is 5.04. The zero-order chi connectivity index (χ0) is 29.7. The molecule has 0 saturated carbocycles. The van der Waals surface area contributed by atoms with Crippen LogP contribution >= 0.6 is 15.9 Å². The Morgan fingerprint density at radius 3 is 2.42 bits per heavy atom. The molecule has 2 aromatic rings. The number of ether oxygens (including phenoxy) is 2. The Morgan fingerprint density at radius 2 is 1.80 bits per heavy atom. The largest absolute Gasteiger partial charge is 0.447 e. The summed E-state index contributed by atoms with van der Waals surface area (Å²) in [5.74, 6) is -1.34. The van der Waals surface area contributed by atoms with Crippen LogP contribution in [0.4, 0.5) is 22.8 Å². The Morgan fingerprint density at radius 1 is 1.12 bits per heavy atom. The molecule has 0 spiro atoms. The molecule has 1 aliphatic rings. The lowest BCUT2D eigenvalue weighted by molar-refractivity contribution is -0.137. The zero-order valence-corrected chi connectivity index (χ0v) is 24.5. The highest BCUT2D eigenvalue weighted by Gasteiger charge is 2.41. The van der Waals surface area contributed by atoms with Crippen molar-refractivity contribution in [3.8, 4) is 0 Å². The SMILES string of the molecule is CN(CCC[C@H](Cc1cc(Br)cc(C(F)(F)F)c1)C(=O)N1C(=O)OC[C@@H]1Cc1ccccc1)C(=O)OC(C)(C)C. The van der Waals surface area contributed by atoms with Gasteiger partial charge in [0.25, 0.3) is 0 Å². The maximum Gasteiger partial charge on any atom is 0.416 e. The first kappa shape index (κ1) is 31.4. The number of halogens is 4. The van der Waals surface area contributed by atoms with Crippen LogP contribution in [0.5, 0.6) is 0 Å². The fraction of sp³-hybridized carbons (Fsp3) is 0.483. The number of carbonyl (C=O) groups excluding carboxylic acids is 3. The Hall–Kier alpha value is -3.08. The van der Waals surface area contributed by atoms with Crippen LogP contribution in [0.3, 0.4) is 0 Å². The average molecular weight is 627 g/mol. The first-order valence-electron chi connectivity index (χ1n) is 13.0. The van der Waals surface area contributed by atoms with Gasteiger partial charge in [0.2, 0.25) is 5.91 Å². The lowest BCUT2D eigenvalue weighted by Crippen LogP contribution is -2.44. The van der Waals surface area contributed by atoms with E-state index in [0.29, 0.717) is 18.4 Å². The van der Waals surface area contributed by atoms with Gasteiger partial charge >= 0.3 is 18.4 Å². The van der Waals surface area contributed by atoms with Gasteiger partial charge in [0, 0.05) is 24.0 Å². The lowest BCUT2D eigenvalue weighted by Gasteiger charge is -2.27. The molecule has 0 aliphatic carbocycles. The summed E-state index contributed by atoms with van der Waals surface area (Å²) in [4.78, 5) is 41.3. The number of amides is 3. The van der Waals surface area contributed by atoms with Crippen molar-refractivity contribution < 1.29 is 37.0 Å². The molecule has 0 unspecified atom stereocenters. The monoisotopic (exact) mass is 626 g/mol. The number of rotatable bonds is 9. The molecule has 3 amide bonds. The van der Waals surface area contributed by atoms with Crippen molar-refractivity contribution in [2.24, 2.45) is 5.92 Å². The van der Waals surface area contributed by atoms with Gasteiger partial charge in [-0.1, -0.05) is 46.3 Å². The van der Waals surface area contributed by atoms with Crippen LogP contribution in [0.2, 0.25) is 0 Å². The molecule has 0 N–H and O–H groups in total. The van der Waals surface area contributed by atoms with E-state index in [2.05, 4.69) is 15.9 Å². The summed E-state index contributed by atoms with van der Waals surface area (Å²) in [7, 11) is 1.57. The maximum absolute atomic E-state index is 13.8. The van der Waals surface area contributed by atoms with Crippen molar-refractivity contribution >= 4 is 34.0 Å². The number of nitrogens with zero attached hydrogens (tertiary/aromatic N) is 2. The van der Waals surface area contributed by atoms with Crippen LogP contribution in [0, 0.1) is 5.92 Å². The van der Waals surface area contributed by atoms with Crippen molar-refractivity contribution in [1.29, 1.82) is 0 Å². The minimum Gasteiger partial charge on any atom is -0.447 e. The van der Waals surface area contributed by atoms with Gasteiger partial charge in [-0.3, -0.25) is 4.79 Å². The number of hydrogen-bond acceptors (Lipinski definition) is 5. The lowest BCUT2D eigenvalue weighted by atomic mass is 9.91. The smallest absolute Gasteiger partial charge is 0.416 e. The molecule has 1 aliphatic heterocycles. The second kappa shape index (κ2) is 13.1. The van der Waals surface area contributed by atoms with E-state index in [1.54, 1.807) is 27.8 Å². The minimum atomic E-state index is -4.56. The molecule has 1 saturated heterocycles. The first-order valence-corrected chi connectivity index (χ1v) is 13.8. The van der Waals surface area contributed by atoms with E-state index in [1.807, 2.05) is 30.3 Å². The van der Waals surface area contributed by atoms with Crippen LogP contribution in [0.25, 0.3) is 0 Å². The Bertz CT molecular complexity index is 1200. The van der Waals surface area contributed by atoms with E-state index in [-0.39, 0.29) is 30.5 Å². The van der Waals surface area contributed by atoms with Gasteiger partial charge in [-0.25, -0.2) is 14.5 Å². The van der Waals surface area contributed by atoms with Crippen molar-refractivity contribution in [3.05, 3.63) is 69.7 Å². The van der Waals surface area contributed by atoms with Crippen LogP contribution in [-0.2, 0) is 33.3 Å². The third kappa shape index (κ3) is 8.97. The molecule has 0 radical (unpaired) electrons. The fourth-order valence-electron chi connectivity index (χ4n) is 4.50. The van der Waals surface area contributed by atoms with E-state index in [0.717, 1.165) is 22.6 Å². The van der Waals surface area contributed by atoms with E-state index in [4.69, 9.17) is 9.47 Å². The van der Waals surface area contributed by atoms with E-state index in [9.17, 15) is 27.6 Å². The molecule has 3 rings (SSSR count). The summed E-state index contributed by atoms with van der Waals surface area (Å²) in [5, 5.41) is 0. The first-order chi connectivity index (χ1) is 18.6. The highest BCUT2D eigenvalue weighted by Crippen LogP contribution is 2.33. The molecular weight excluding hydrogens is 593 g/mol. The summed E-state index contributed by atoms with van der Waals surface area (Å²) in [6.45, 7) is 5.54. The number of benzene rings is 2. The minimum absolute atomic E-state index is 0.0284. The third-order valence-corrected chi connectivity index (χ3v) is 6.84. The second-order valence-corrected chi connectivity index (χ2v) is 11.8. The maximum atomic E-state index is 13.8. The highest BCUT2D eigenvalue weighted by molar-refractivity contribution is 9.10. The predicted molar refractivity (Wildman–Crippen MR) is 147 cm³/mol. The standard InChI is InChI=1S/C29H34BrF3N2O5/c1-28(2,3)40-26(37)34(4)12-8-11-21(13-20-14-22(29(31,32)33)17-23(30)15-20)25(36)35-24(18-39-27(35)38)16-19-9-6-5-7-10-19/h5-7,9-10,14-15,17,21,24H,8,11-13,16,18H2,1-4H3/t21-,24+/m1/s1. The molecule has 0 aromatic heterocycles. The molecule has 11 heteroatoms. The van der Waals surface area contributed by atoms with Crippen LogP contribution < -0.4 is 0 Å². The van der Waals surface area contributed by atoms with E-state index >= 15 is 0 Å². The third-order valence-electron chi connectivity index (χ3n) is 6.38. The van der Waals surface area contributed by atoms with Gasteiger partial charge < -0.3 is 14.4 Å². The van der Waals surface area contributed by atoms with Crippen LogP contribution in [0.15, 0.2) is 53.0 Å². The molecule has 40 heavy (non-hydrogen) atoms. The zero-order valence-electron chi connectivity index (χ0n) is 23.0. The quantitative estimate of drug-likeness (QED) is 0.304. The number of imide groups is 1. The number of alkyl halides is 3. The van der Waals surface area contributed by atoms with Crippen LogP contribution in [0.1, 0.15) is 50.3 Å². The predicted octanol–water partition coefficient (Wildman–Crippen LogP) is 6.86. The number of cyclic esters (lactones) is 1. The van der Waals surface area contributed by atoms with Gasteiger partial charge in [-0.2, -0.15) is 13.2 Å². The number of hydrogen-bond donors (Lipinski definition) is 0. The Kier molecular flexibility index (Phi) is 10.3. The molecule has 1 heterocycles. The Balaban J connectivity index is 1.82. The molecule has 0 bridgehead atoms. The van der Waals surface area contributed by atoms with Gasteiger partial charge in [0.1, 0.15) is 12.2 Å². The molecule has 2 aromatic carbocycles. The average Bonchev–Trinajstić information content (AvgIpc) is 3.21. The van der Waals surface area contributed by atoms with E-state index < -0.39 is 47.4 Å². The van der Waals surface area contributed by atoms with Crippen molar-refractivity contribution in [2.45, 2.75) is 64.3 Å². The van der Waals surface area contributed by atoms with Crippen molar-refractivity contribution in [3.63, 3.8) is 0 Å². The second-order valence-electron chi connectivity index (χ2n) is 10.9. The molecule has 218 valence electrons. The summed E-state index contributed by atoms with van der Waals surface area (Å²) in [6.07, 6.45) is -4.91. The molecule has 1 fully saturated rings.